The van der Waals surface area contributed by atoms with Gasteiger partial charge in [0.2, 0.25) is 0 Å². The molecule has 5 nitrogen and oxygen atoms in total. The highest BCUT2D eigenvalue weighted by Crippen LogP contribution is 2.25. The number of carboxylic acid groups (broad SMARTS) is 1. The maximum absolute atomic E-state index is 11.4. The molecule has 0 amide bonds. The quantitative estimate of drug-likeness (QED) is 0.808. The fourth-order valence-corrected chi connectivity index (χ4v) is 2.90. The Morgan fingerprint density at radius 3 is 2.76 bits per heavy atom. The van der Waals surface area contributed by atoms with Crippen LogP contribution in [0.15, 0.2) is 30.3 Å². The summed E-state index contributed by atoms with van der Waals surface area (Å²) in [4.78, 5) is 15.9. The summed E-state index contributed by atoms with van der Waals surface area (Å²) in [5, 5.41) is 23.2. The summed E-state index contributed by atoms with van der Waals surface area (Å²) in [6.07, 6.45) is 3.34. The average Bonchev–Trinajstić information content (AvgIpc) is 2.48. The molecular formula is C16H18N2O3. The number of nitrogens with zero attached hydrogens (tertiary/aromatic N) is 1. The van der Waals surface area contributed by atoms with Crippen LogP contribution in [0.3, 0.4) is 0 Å². The van der Waals surface area contributed by atoms with Crippen molar-refractivity contribution >= 4 is 22.7 Å². The van der Waals surface area contributed by atoms with Gasteiger partial charge in [-0.25, -0.2) is 9.78 Å². The monoisotopic (exact) mass is 286 g/mol. The number of hydrogen-bond donors (Lipinski definition) is 3. The number of aliphatic hydroxyl groups excluding tert-OH is 1. The molecule has 1 fully saturated rings. The van der Waals surface area contributed by atoms with Crippen LogP contribution in [-0.2, 0) is 0 Å². The molecule has 2 atom stereocenters. The fraction of sp³-hybridized carbons (Fsp3) is 0.375. The van der Waals surface area contributed by atoms with Crippen LogP contribution < -0.4 is 5.32 Å². The zero-order valence-electron chi connectivity index (χ0n) is 11.6. The normalized spacial score (nSPS) is 22.1. The number of carbonyl (C=O) groups is 1. The molecule has 1 aliphatic carbocycles. The molecule has 0 bridgehead atoms. The first-order valence-electron chi connectivity index (χ1n) is 7.23. The van der Waals surface area contributed by atoms with Crippen molar-refractivity contribution in [2.24, 2.45) is 0 Å². The van der Waals surface area contributed by atoms with Crippen molar-refractivity contribution in [3.63, 3.8) is 0 Å². The van der Waals surface area contributed by atoms with Gasteiger partial charge in [-0.1, -0.05) is 31.0 Å². The van der Waals surface area contributed by atoms with Crippen LogP contribution in [0.4, 0.5) is 5.82 Å². The third-order valence-electron chi connectivity index (χ3n) is 4.01. The number of aliphatic hydroxyl groups is 1. The number of anilines is 1. The Bertz CT molecular complexity index is 672. The summed E-state index contributed by atoms with van der Waals surface area (Å²) >= 11 is 0. The summed E-state index contributed by atoms with van der Waals surface area (Å²) in [5.74, 6) is -0.460. The Morgan fingerprint density at radius 2 is 2.00 bits per heavy atom. The van der Waals surface area contributed by atoms with E-state index in [2.05, 4.69) is 10.3 Å². The number of aromatic nitrogens is 1. The maximum atomic E-state index is 11.4. The maximum Gasteiger partial charge on any atom is 0.336 e. The minimum atomic E-state index is -0.971. The predicted octanol–water partition coefficient (Wildman–Crippen LogP) is 2.65. The Balaban J connectivity index is 1.97. The van der Waals surface area contributed by atoms with Gasteiger partial charge in [-0.2, -0.15) is 0 Å². The molecule has 1 aliphatic rings. The molecule has 3 N–H and O–H groups in total. The first kappa shape index (κ1) is 13.8. The van der Waals surface area contributed by atoms with Gasteiger partial charge >= 0.3 is 5.97 Å². The van der Waals surface area contributed by atoms with Gasteiger partial charge in [0.15, 0.2) is 0 Å². The molecule has 2 unspecified atom stereocenters. The highest BCUT2D eigenvalue weighted by atomic mass is 16.4. The van der Waals surface area contributed by atoms with Crippen molar-refractivity contribution in [3.05, 3.63) is 35.9 Å². The highest BCUT2D eigenvalue weighted by Gasteiger charge is 2.23. The smallest absolute Gasteiger partial charge is 0.336 e. The molecule has 2 aromatic rings. The lowest BCUT2D eigenvalue weighted by Crippen LogP contribution is -2.36. The van der Waals surface area contributed by atoms with Gasteiger partial charge in [-0.3, -0.25) is 0 Å². The Kier molecular flexibility index (Phi) is 3.75. The molecule has 1 aromatic carbocycles. The van der Waals surface area contributed by atoms with E-state index >= 15 is 0 Å². The van der Waals surface area contributed by atoms with Crippen LogP contribution in [0.5, 0.6) is 0 Å². The van der Waals surface area contributed by atoms with E-state index < -0.39 is 12.1 Å². The SMILES string of the molecule is O=C(O)c1cc(NC2CCCCC2O)nc2ccccc12. The summed E-state index contributed by atoms with van der Waals surface area (Å²) in [6, 6.07) is 8.67. The van der Waals surface area contributed by atoms with Crippen molar-refractivity contribution in [1.29, 1.82) is 0 Å². The van der Waals surface area contributed by atoms with E-state index in [1.54, 1.807) is 24.3 Å². The molecule has 21 heavy (non-hydrogen) atoms. The first-order valence-corrected chi connectivity index (χ1v) is 7.23. The third-order valence-corrected chi connectivity index (χ3v) is 4.01. The van der Waals surface area contributed by atoms with E-state index in [9.17, 15) is 15.0 Å². The summed E-state index contributed by atoms with van der Waals surface area (Å²) < 4.78 is 0. The van der Waals surface area contributed by atoms with Crippen LogP contribution >= 0.6 is 0 Å². The summed E-state index contributed by atoms with van der Waals surface area (Å²) in [7, 11) is 0. The van der Waals surface area contributed by atoms with E-state index in [-0.39, 0.29) is 11.6 Å². The molecule has 1 aromatic heterocycles. The topological polar surface area (TPSA) is 82.5 Å². The van der Waals surface area contributed by atoms with Crippen LogP contribution in [0.2, 0.25) is 0 Å². The minimum Gasteiger partial charge on any atom is -0.478 e. The van der Waals surface area contributed by atoms with Gasteiger partial charge < -0.3 is 15.5 Å². The van der Waals surface area contributed by atoms with Crippen molar-refractivity contribution < 1.29 is 15.0 Å². The molecular weight excluding hydrogens is 268 g/mol. The molecule has 0 radical (unpaired) electrons. The molecule has 3 rings (SSSR count). The van der Waals surface area contributed by atoms with E-state index in [4.69, 9.17) is 0 Å². The van der Waals surface area contributed by atoms with Gasteiger partial charge in [0, 0.05) is 5.39 Å². The number of benzene rings is 1. The molecule has 0 spiro atoms. The predicted molar refractivity (Wildman–Crippen MR) is 80.6 cm³/mol. The van der Waals surface area contributed by atoms with Gasteiger partial charge in [-0.05, 0) is 25.0 Å². The zero-order chi connectivity index (χ0) is 14.8. The number of nitrogens with one attached hydrogen (secondary N) is 1. The number of para-hydroxylation sites is 1. The third kappa shape index (κ3) is 2.83. The lowest BCUT2D eigenvalue weighted by atomic mass is 9.92. The number of fused-ring (bicyclic) bond motifs is 1. The fourth-order valence-electron chi connectivity index (χ4n) is 2.90. The Hall–Kier alpha value is -2.14. The van der Waals surface area contributed by atoms with E-state index in [1.165, 1.54) is 0 Å². The van der Waals surface area contributed by atoms with Crippen LogP contribution in [-0.4, -0.2) is 33.3 Å². The van der Waals surface area contributed by atoms with Gasteiger partial charge in [0.05, 0.1) is 23.2 Å². The average molecular weight is 286 g/mol. The van der Waals surface area contributed by atoms with Crippen molar-refractivity contribution in [1.82, 2.24) is 4.98 Å². The largest absolute Gasteiger partial charge is 0.478 e. The van der Waals surface area contributed by atoms with Crippen LogP contribution in [0, 0.1) is 0 Å². The number of pyridine rings is 1. The molecule has 1 saturated carbocycles. The number of carboxylic acids is 1. The molecule has 0 saturated heterocycles. The lowest BCUT2D eigenvalue weighted by molar-refractivity contribution is 0.0699. The highest BCUT2D eigenvalue weighted by molar-refractivity contribution is 6.03. The Labute approximate surface area is 122 Å². The second kappa shape index (κ2) is 5.69. The van der Waals surface area contributed by atoms with E-state index in [1.807, 2.05) is 6.07 Å². The number of aromatic carboxylic acids is 1. The van der Waals surface area contributed by atoms with E-state index in [0.29, 0.717) is 16.7 Å². The second-order valence-corrected chi connectivity index (χ2v) is 5.48. The minimum absolute atomic E-state index is 0.0611. The second-order valence-electron chi connectivity index (χ2n) is 5.48. The molecule has 5 heteroatoms. The lowest BCUT2D eigenvalue weighted by Gasteiger charge is -2.28. The van der Waals surface area contributed by atoms with Crippen molar-refractivity contribution in [2.45, 2.75) is 37.8 Å². The first-order chi connectivity index (χ1) is 10.1. The molecule has 110 valence electrons. The van der Waals surface area contributed by atoms with Crippen molar-refractivity contribution in [3.8, 4) is 0 Å². The number of hydrogen-bond acceptors (Lipinski definition) is 4. The Morgan fingerprint density at radius 1 is 1.24 bits per heavy atom. The standard InChI is InChI=1S/C16H18N2O3/c19-14-8-4-3-7-13(14)18-15-9-11(16(20)21)10-5-1-2-6-12(10)17-15/h1-2,5-6,9,13-14,19H,3-4,7-8H2,(H,17,18)(H,20,21). The van der Waals surface area contributed by atoms with Crippen molar-refractivity contribution in [2.75, 3.05) is 5.32 Å². The van der Waals surface area contributed by atoms with Crippen LogP contribution in [0.1, 0.15) is 36.0 Å². The van der Waals surface area contributed by atoms with Gasteiger partial charge in [0.25, 0.3) is 0 Å². The van der Waals surface area contributed by atoms with Crippen LogP contribution in [0.25, 0.3) is 10.9 Å². The zero-order valence-corrected chi connectivity index (χ0v) is 11.6. The van der Waals surface area contributed by atoms with Gasteiger partial charge in [-0.15, -0.1) is 0 Å². The molecule has 1 heterocycles. The summed E-state index contributed by atoms with van der Waals surface area (Å²) in [6.45, 7) is 0. The molecule has 0 aliphatic heterocycles. The summed E-state index contributed by atoms with van der Waals surface area (Å²) in [5.41, 5.74) is 0.874. The van der Waals surface area contributed by atoms with E-state index in [0.717, 1.165) is 25.7 Å². The van der Waals surface area contributed by atoms with Gasteiger partial charge in [0.1, 0.15) is 5.82 Å². The number of rotatable bonds is 3.